The van der Waals surface area contributed by atoms with Crippen molar-refractivity contribution in [3.8, 4) is 0 Å². The molecule has 0 aliphatic rings. The zero-order valence-corrected chi connectivity index (χ0v) is 9.30. The van der Waals surface area contributed by atoms with Crippen LogP contribution in [0.2, 0.25) is 0 Å². The molecule has 2 rings (SSSR count). The molecule has 0 radical (unpaired) electrons. The highest BCUT2D eigenvalue weighted by Gasteiger charge is 2.02. The van der Waals surface area contributed by atoms with E-state index in [-0.39, 0.29) is 5.82 Å². The fraction of sp³-hybridized carbons (Fsp3) is 0.0769. The summed E-state index contributed by atoms with van der Waals surface area (Å²) in [6, 6.07) is 8.54. The molecule has 0 saturated carbocycles. The summed E-state index contributed by atoms with van der Waals surface area (Å²) >= 11 is 0. The predicted octanol–water partition coefficient (Wildman–Crippen LogP) is 3.60. The van der Waals surface area contributed by atoms with Gasteiger partial charge in [-0.15, -0.1) is 0 Å². The van der Waals surface area contributed by atoms with E-state index in [1.165, 1.54) is 24.3 Å². The van der Waals surface area contributed by atoms with Crippen LogP contribution in [0.1, 0.15) is 5.56 Å². The molecule has 3 N–H and O–H groups in total. The van der Waals surface area contributed by atoms with Gasteiger partial charge in [0.05, 0.1) is 0 Å². The smallest absolute Gasteiger partial charge is 0.127 e. The van der Waals surface area contributed by atoms with Gasteiger partial charge in [-0.05, 0) is 48.9 Å². The lowest BCUT2D eigenvalue weighted by Gasteiger charge is -2.10. The zero-order chi connectivity index (χ0) is 12.4. The summed E-state index contributed by atoms with van der Waals surface area (Å²) in [5, 5.41) is 2.99. The Morgan fingerprint density at radius 3 is 2.41 bits per heavy atom. The molecule has 0 aromatic heterocycles. The molecular formula is C13H12F2N2. The average Bonchev–Trinajstić information content (AvgIpc) is 2.21. The SMILES string of the molecule is Cc1cc(F)ccc1Nc1cc(N)cc(F)c1. The molecule has 4 heteroatoms. The largest absolute Gasteiger partial charge is 0.399 e. The summed E-state index contributed by atoms with van der Waals surface area (Å²) in [6.07, 6.45) is 0. The number of halogens is 2. The number of nitrogens with one attached hydrogen (secondary N) is 1. The molecule has 0 amide bonds. The number of nitrogen functional groups attached to an aromatic ring is 1. The van der Waals surface area contributed by atoms with E-state index in [1.807, 2.05) is 0 Å². The maximum absolute atomic E-state index is 13.1. The molecule has 17 heavy (non-hydrogen) atoms. The normalized spacial score (nSPS) is 10.3. The van der Waals surface area contributed by atoms with Crippen LogP contribution in [0.4, 0.5) is 25.8 Å². The number of hydrogen-bond acceptors (Lipinski definition) is 2. The molecule has 0 bridgehead atoms. The third-order valence-corrected chi connectivity index (χ3v) is 2.39. The number of benzene rings is 2. The Morgan fingerprint density at radius 1 is 1.00 bits per heavy atom. The molecule has 0 fully saturated rings. The first-order chi connectivity index (χ1) is 8.04. The highest BCUT2D eigenvalue weighted by atomic mass is 19.1. The minimum atomic E-state index is -0.410. The predicted molar refractivity (Wildman–Crippen MR) is 65.2 cm³/mol. The van der Waals surface area contributed by atoms with Gasteiger partial charge >= 0.3 is 0 Å². The molecule has 2 nitrogen and oxygen atoms in total. The summed E-state index contributed by atoms with van der Waals surface area (Å²) in [4.78, 5) is 0. The highest BCUT2D eigenvalue weighted by Crippen LogP contribution is 2.23. The van der Waals surface area contributed by atoms with Crippen LogP contribution in [0.5, 0.6) is 0 Å². The second-order valence-electron chi connectivity index (χ2n) is 3.86. The second kappa shape index (κ2) is 4.41. The van der Waals surface area contributed by atoms with E-state index in [0.29, 0.717) is 11.4 Å². The van der Waals surface area contributed by atoms with Gasteiger partial charge in [0.25, 0.3) is 0 Å². The van der Waals surface area contributed by atoms with Crippen molar-refractivity contribution in [2.45, 2.75) is 6.92 Å². The molecule has 0 heterocycles. The van der Waals surface area contributed by atoms with Gasteiger partial charge in [-0.25, -0.2) is 8.78 Å². The van der Waals surface area contributed by atoms with Gasteiger partial charge in [0.1, 0.15) is 11.6 Å². The van der Waals surface area contributed by atoms with Gasteiger partial charge in [0, 0.05) is 17.1 Å². The van der Waals surface area contributed by atoms with Crippen molar-refractivity contribution >= 4 is 17.1 Å². The van der Waals surface area contributed by atoms with Crippen molar-refractivity contribution < 1.29 is 8.78 Å². The number of hydrogen-bond donors (Lipinski definition) is 2. The van der Waals surface area contributed by atoms with Crippen molar-refractivity contribution in [1.82, 2.24) is 0 Å². The molecular weight excluding hydrogens is 222 g/mol. The van der Waals surface area contributed by atoms with Crippen LogP contribution in [0.15, 0.2) is 36.4 Å². The first kappa shape index (κ1) is 11.4. The highest BCUT2D eigenvalue weighted by molar-refractivity contribution is 5.66. The van der Waals surface area contributed by atoms with Crippen molar-refractivity contribution in [2.75, 3.05) is 11.1 Å². The van der Waals surface area contributed by atoms with Gasteiger partial charge in [0.2, 0.25) is 0 Å². The Morgan fingerprint density at radius 2 is 1.76 bits per heavy atom. The molecule has 2 aromatic rings. The number of rotatable bonds is 2. The maximum atomic E-state index is 13.1. The summed E-state index contributed by atoms with van der Waals surface area (Å²) in [5.74, 6) is -0.709. The van der Waals surface area contributed by atoms with Gasteiger partial charge in [-0.1, -0.05) is 0 Å². The van der Waals surface area contributed by atoms with E-state index in [0.717, 1.165) is 11.3 Å². The van der Waals surface area contributed by atoms with Gasteiger partial charge in [-0.3, -0.25) is 0 Å². The topological polar surface area (TPSA) is 38.0 Å². The summed E-state index contributed by atoms with van der Waals surface area (Å²) < 4.78 is 26.0. The molecule has 88 valence electrons. The lowest BCUT2D eigenvalue weighted by molar-refractivity contribution is 0.626. The van der Waals surface area contributed by atoms with E-state index in [9.17, 15) is 8.78 Å². The third kappa shape index (κ3) is 2.72. The number of aryl methyl sites for hydroxylation is 1. The molecule has 0 saturated heterocycles. The van der Waals surface area contributed by atoms with Crippen LogP contribution in [0.3, 0.4) is 0 Å². The van der Waals surface area contributed by atoms with Crippen LogP contribution in [-0.4, -0.2) is 0 Å². The van der Waals surface area contributed by atoms with E-state index >= 15 is 0 Å². The molecule has 0 aliphatic carbocycles. The Balaban J connectivity index is 2.31. The van der Waals surface area contributed by atoms with Crippen LogP contribution < -0.4 is 11.1 Å². The van der Waals surface area contributed by atoms with Crippen molar-refractivity contribution in [1.29, 1.82) is 0 Å². The molecule has 0 aliphatic heterocycles. The second-order valence-corrected chi connectivity index (χ2v) is 3.86. The lowest BCUT2D eigenvalue weighted by atomic mass is 10.2. The minimum Gasteiger partial charge on any atom is -0.399 e. The summed E-state index contributed by atoms with van der Waals surface area (Å²) in [7, 11) is 0. The van der Waals surface area contributed by atoms with Crippen LogP contribution in [0, 0.1) is 18.6 Å². The monoisotopic (exact) mass is 234 g/mol. The van der Waals surface area contributed by atoms with Crippen LogP contribution in [-0.2, 0) is 0 Å². The Bertz CT molecular complexity index is 533. The van der Waals surface area contributed by atoms with Gasteiger partial charge < -0.3 is 11.1 Å². The van der Waals surface area contributed by atoms with Crippen molar-refractivity contribution in [3.05, 3.63) is 53.6 Å². The summed E-state index contributed by atoms with van der Waals surface area (Å²) in [5.41, 5.74) is 7.88. The Labute approximate surface area is 98.1 Å². The zero-order valence-electron chi connectivity index (χ0n) is 9.30. The van der Waals surface area contributed by atoms with Crippen LogP contribution in [0.25, 0.3) is 0 Å². The first-order valence-corrected chi connectivity index (χ1v) is 5.14. The van der Waals surface area contributed by atoms with E-state index in [2.05, 4.69) is 5.32 Å². The van der Waals surface area contributed by atoms with E-state index < -0.39 is 5.82 Å². The minimum absolute atomic E-state index is 0.299. The van der Waals surface area contributed by atoms with Crippen molar-refractivity contribution in [3.63, 3.8) is 0 Å². The quantitative estimate of drug-likeness (QED) is 0.779. The molecule has 0 unspecified atom stereocenters. The first-order valence-electron chi connectivity index (χ1n) is 5.14. The van der Waals surface area contributed by atoms with Crippen LogP contribution >= 0.6 is 0 Å². The van der Waals surface area contributed by atoms with Gasteiger partial charge in [0.15, 0.2) is 0 Å². The molecule has 2 aromatic carbocycles. The standard InChI is InChI=1S/C13H12F2N2/c1-8-4-9(14)2-3-13(8)17-12-6-10(15)5-11(16)7-12/h2-7,17H,16H2,1H3. The summed E-state index contributed by atoms with van der Waals surface area (Å²) in [6.45, 7) is 1.77. The third-order valence-electron chi connectivity index (χ3n) is 2.39. The van der Waals surface area contributed by atoms with E-state index in [4.69, 9.17) is 5.73 Å². The van der Waals surface area contributed by atoms with Crippen molar-refractivity contribution in [2.24, 2.45) is 0 Å². The Kier molecular flexibility index (Phi) is 2.95. The fourth-order valence-corrected chi connectivity index (χ4v) is 1.61. The fourth-order valence-electron chi connectivity index (χ4n) is 1.61. The molecule has 0 spiro atoms. The Hall–Kier alpha value is -2.10. The molecule has 0 atom stereocenters. The number of nitrogens with two attached hydrogens (primary N) is 1. The average molecular weight is 234 g/mol. The van der Waals surface area contributed by atoms with E-state index in [1.54, 1.807) is 19.1 Å². The van der Waals surface area contributed by atoms with Gasteiger partial charge in [-0.2, -0.15) is 0 Å². The lowest BCUT2D eigenvalue weighted by Crippen LogP contribution is -1.96. The maximum Gasteiger partial charge on any atom is 0.127 e. The number of anilines is 3.